The van der Waals surface area contributed by atoms with Gasteiger partial charge in [-0.2, -0.15) is 5.11 Å². The van der Waals surface area contributed by atoms with Gasteiger partial charge in [-0.3, -0.25) is 14.4 Å². The Hall–Kier alpha value is -4.10. The topological polar surface area (TPSA) is 120 Å². The molecular formula is C23H23F5N6O3. The third-order valence-electron chi connectivity index (χ3n) is 5.56. The van der Waals surface area contributed by atoms with Crippen LogP contribution in [-0.2, 0) is 27.3 Å². The summed E-state index contributed by atoms with van der Waals surface area (Å²) < 4.78 is 65.8. The zero-order valence-electron chi connectivity index (χ0n) is 19.3. The second-order valence-corrected chi connectivity index (χ2v) is 8.20. The summed E-state index contributed by atoms with van der Waals surface area (Å²) in [6, 6.07) is 6.42. The molecule has 37 heavy (non-hydrogen) atoms. The Morgan fingerprint density at radius 3 is 2.46 bits per heavy atom. The van der Waals surface area contributed by atoms with Crippen molar-refractivity contribution in [3.05, 3.63) is 65.0 Å². The van der Waals surface area contributed by atoms with E-state index in [1.54, 1.807) is 24.3 Å². The summed E-state index contributed by atoms with van der Waals surface area (Å²) in [5.74, 6) is -0.636. The van der Waals surface area contributed by atoms with E-state index in [4.69, 9.17) is 5.84 Å². The van der Waals surface area contributed by atoms with Crippen LogP contribution in [0.25, 0.3) is 0 Å². The van der Waals surface area contributed by atoms with Crippen molar-refractivity contribution < 1.29 is 36.3 Å². The number of rotatable bonds is 9. The predicted octanol–water partition coefficient (Wildman–Crippen LogP) is 2.49. The number of para-hydroxylation sites is 1. The molecule has 0 aliphatic carbocycles. The standard InChI is InChI=1S/C23H23F5N6O3/c24-16-8-18(26)17(25)6-14(16)5-15(31-32-29)7-22(36)33-10-13-3-1-2-4-19(13)34(23(37)12-33)11-21(35)30-9-20(27)28/h1-4,6,8,15,20H,5,7,9-12H2,(H2,29,31)(H,30,35)/t15-/m1/s1. The summed E-state index contributed by atoms with van der Waals surface area (Å²) >= 11 is 0. The van der Waals surface area contributed by atoms with Gasteiger partial charge in [0, 0.05) is 24.7 Å². The fraction of sp³-hybridized carbons (Fsp3) is 0.348. The van der Waals surface area contributed by atoms with Crippen molar-refractivity contribution >= 4 is 23.4 Å². The van der Waals surface area contributed by atoms with Crippen molar-refractivity contribution in [2.45, 2.75) is 31.9 Å². The normalized spacial score (nSPS) is 14.6. The molecule has 1 aliphatic heterocycles. The van der Waals surface area contributed by atoms with E-state index in [2.05, 4.69) is 10.3 Å². The first-order valence-corrected chi connectivity index (χ1v) is 11.0. The van der Waals surface area contributed by atoms with Crippen molar-refractivity contribution in [2.75, 3.05) is 24.5 Å². The second-order valence-electron chi connectivity index (χ2n) is 8.20. The van der Waals surface area contributed by atoms with Gasteiger partial charge >= 0.3 is 0 Å². The lowest BCUT2D eigenvalue weighted by Gasteiger charge is -2.23. The molecule has 2 aromatic rings. The largest absolute Gasteiger partial charge is 0.349 e. The van der Waals surface area contributed by atoms with Gasteiger partial charge in [-0.25, -0.2) is 22.0 Å². The van der Waals surface area contributed by atoms with E-state index in [0.717, 1.165) is 4.90 Å². The van der Waals surface area contributed by atoms with Gasteiger partial charge in [-0.1, -0.05) is 23.4 Å². The molecule has 2 aromatic carbocycles. The van der Waals surface area contributed by atoms with Crippen molar-refractivity contribution in [1.82, 2.24) is 10.2 Å². The first-order valence-electron chi connectivity index (χ1n) is 11.0. The molecule has 0 saturated heterocycles. The van der Waals surface area contributed by atoms with Crippen molar-refractivity contribution in [1.29, 1.82) is 0 Å². The van der Waals surface area contributed by atoms with Gasteiger partial charge < -0.3 is 21.0 Å². The number of nitrogens with zero attached hydrogens (tertiary/aromatic N) is 4. The maximum Gasteiger partial charge on any atom is 0.255 e. The van der Waals surface area contributed by atoms with E-state index >= 15 is 0 Å². The van der Waals surface area contributed by atoms with Crippen molar-refractivity contribution in [3.63, 3.8) is 0 Å². The molecule has 0 fully saturated rings. The van der Waals surface area contributed by atoms with Gasteiger partial charge in [0.15, 0.2) is 11.6 Å². The molecule has 9 nitrogen and oxygen atoms in total. The maximum absolute atomic E-state index is 14.1. The summed E-state index contributed by atoms with van der Waals surface area (Å²) in [6.07, 6.45) is -3.49. The number of benzene rings is 2. The summed E-state index contributed by atoms with van der Waals surface area (Å²) in [5.41, 5.74) is 0.589. The molecule has 0 spiro atoms. The average molecular weight is 526 g/mol. The minimum absolute atomic E-state index is 0.0398. The van der Waals surface area contributed by atoms with Gasteiger partial charge in [0.1, 0.15) is 18.9 Å². The molecule has 0 unspecified atom stereocenters. The number of carbonyl (C=O) groups is 3. The van der Waals surface area contributed by atoms with Gasteiger partial charge in [0.05, 0.1) is 19.0 Å². The smallest absolute Gasteiger partial charge is 0.255 e. The van der Waals surface area contributed by atoms with Gasteiger partial charge in [0.25, 0.3) is 6.43 Å². The minimum Gasteiger partial charge on any atom is -0.349 e. The molecule has 1 atom stereocenters. The Morgan fingerprint density at radius 2 is 1.76 bits per heavy atom. The Morgan fingerprint density at radius 1 is 1.05 bits per heavy atom. The summed E-state index contributed by atoms with van der Waals surface area (Å²) in [4.78, 5) is 40.5. The van der Waals surface area contributed by atoms with E-state index in [-0.39, 0.29) is 18.5 Å². The zero-order valence-corrected chi connectivity index (χ0v) is 19.3. The van der Waals surface area contributed by atoms with E-state index in [9.17, 15) is 36.3 Å². The summed E-state index contributed by atoms with van der Waals surface area (Å²) in [5, 5.41) is 8.85. The van der Waals surface area contributed by atoms with E-state index in [1.165, 1.54) is 4.90 Å². The van der Waals surface area contributed by atoms with Crippen LogP contribution in [0.4, 0.5) is 27.6 Å². The number of anilines is 1. The highest BCUT2D eigenvalue weighted by Gasteiger charge is 2.31. The highest BCUT2D eigenvalue weighted by molar-refractivity contribution is 6.02. The van der Waals surface area contributed by atoms with Crippen LogP contribution in [0.3, 0.4) is 0 Å². The van der Waals surface area contributed by atoms with Gasteiger partial charge in [-0.15, -0.1) is 0 Å². The van der Waals surface area contributed by atoms with Crippen LogP contribution in [0.2, 0.25) is 0 Å². The number of hydrogen-bond acceptors (Lipinski definition) is 5. The predicted molar refractivity (Wildman–Crippen MR) is 121 cm³/mol. The van der Waals surface area contributed by atoms with Gasteiger partial charge in [-0.05, 0) is 23.3 Å². The number of carbonyl (C=O) groups excluding carboxylic acids is 3. The summed E-state index contributed by atoms with van der Waals surface area (Å²) in [7, 11) is 0. The molecule has 3 amide bonds. The molecule has 1 heterocycles. The van der Waals surface area contributed by atoms with Crippen LogP contribution in [0.5, 0.6) is 0 Å². The first-order chi connectivity index (χ1) is 17.6. The van der Waals surface area contributed by atoms with Crippen molar-refractivity contribution in [2.24, 2.45) is 16.2 Å². The molecule has 0 aromatic heterocycles. The first kappa shape index (κ1) is 27.5. The average Bonchev–Trinajstić information content (AvgIpc) is 2.98. The number of fused-ring (bicyclic) bond motifs is 1. The number of amides is 3. The maximum atomic E-state index is 14.1. The molecule has 0 radical (unpaired) electrons. The molecule has 0 bridgehead atoms. The number of halogens is 5. The molecule has 0 saturated carbocycles. The third kappa shape index (κ3) is 7.21. The molecule has 198 valence electrons. The number of hydrogen-bond donors (Lipinski definition) is 2. The second kappa shape index (κ2) is 12.2. The molecule has 14 heteroatoms. The Kier molecular flexibility index (Phi) is 9.09. The van der Waals surface area contributed by atoms with Crippen LogP contribution in [-0.4, -0.2) is 54.7 Å². The quantitative estimate of drug-likeness (QED) is 0.172. The monoisotopic (exact) mass is 526 g/mol. The molecular weight excluding hydrogens is 503 g/mol. The highest BCUT2D eigenvalue weighted by atomic mass is 19.3. The number of alkyl halides is 2. The SMILES string of the molecule is NN=N[C@@H](CC(=O)N1CC(=O)N(CC(=O)NCC(F)F)c2ccccc2C1)Cc1cc(F)c(F)cc1F. The number of nitrogens with one attached hydrogen (secondary N) is 1. The van der Waals surface area contributed by atoms with E-state index in [0.29, 0.717) is 23.4 Å². The van der Waals surface area contributed by atoms with Crippen LogP contribution in [0.15, 0.2) is 46.7 Å². The Labute approximate surface area is 208 Å². The fourth-order valence-corrected chi connectivity index (χ4v) is 3.85. The minimum atomic E-state index is -2.76. The summed E-state index contributed by atoms with van der Waals surface area (Å²) in [6.45, 7) is -1.91. The van der Waals surface area contributed by atoms with Crippen LogP contribution in [0, 0.1) is 17.5 Å². The third-order valence-corrected chi connectivity index (χ3v) is 5.56. The highest BCUT2D eigenvalue weighted by Crippen LogP contribution is 2.26. The van der Waals surface area contributed by atoms with Crippen LogP contribution in [0.1, 0.15) is 17.5 Å². The Bertz CT molecular complexity index is 1200. The lowest BCUT2D eigenvalue weighted by Crippen LogP contribution is -2.45. The molecule has 3 rings (SSSR count). The van der Waals surface area contributed by atoms with Crippen LogP contribution < -0.4 is 16.1 Å². The Balaban J connectivity index is 1.77. The van der Waals surface area contributed by atoms with E-state index < -0.39 is 73.7 Å². The zero-order chi connectivity index (χ0) is 27.1. The van der Waals surface area contributed by atoms with Gasteiger partial charge in [0.2, 0.25) is 17.7 Å². The molecule has 3 N–H and O–H groups in total. The number of nitrogens with two attached hydrogens (primary N) is 1. The lowest BCUT2D eigenvalue weighted by molar-refractivity contribution is -0.136. The fourth-order valence-electron chi connectivity index (χ4n) is 3.85. The molecule has 1 aliphatic rings. The lowest BCUT2D eigenvalue weighted by atomic mass is 10.0. The van der Waals surface area contributed by atoms with Crippen LogP contribution >= 0.6 is 0 Å². The van der Waals surface area contributed by atoms with E-state index in [1.807, 2.05) is 5.32 Å². The van der Waals surface area contributed by atoms with Crippen molar-refractivity contribution in [3.8, 4) is 0 Å².